The molecule has 2 unspecified atom stereocenters. The van der Waals surface area contributed by atoms with Crippen LogP contribution in [0, 0.1) is 5.92 Å². The van der Waals surface area contributed by atoms with Gasteiger partial charge in [-0.1, -0.05) is 6.92 Å². The normalized spacial score (nSPS) is 32.2. The van der Waals surface area contributed by atoms with Crippen LogP contribution < -0.4 is 5.32 Å². The van der Waals surface area contributed by atoms with Crippen LogP contribution in [0.1, 0.15) is 26.7 Å². The van der Waals surface area contributed by atoms with Crippen LogP contribution in [-0.2, 0) is 4.79 Å². The molecule has 4 heteroatoms. The molecule has 4 nitrogen and oxygen atoms in total. The summed E-state index contributed by atoms with van der Waals surface area (Å²) in [7, 11) is 0. The van der Waals surface area contributed by atoms with Gasteiger partial charge in [0.2, 0.25) is 5.91 Å². The zero-order chi connectivity index (χ0) is 12.3. The lowest BCUT2D eigenvalue weighted by molar-refractivity contribution is -0.128. The first kappa shape index (κ1) is 12.8. The van der Waals surface area contributed by atoms with Crippen LogP contribution in [0.5, 0.6) is 0 Å². The first-order valence-electron chi connectivity index (χ1n) is 6.89. The van der Waals surface area contributed by atoms with Gasteiger partial charge in [-0.3, -0.25) is 9.69 Å². The van der Waals surface area contributed by atoms with E-state index < -0.39 is 0 Å². The molecule has 0 saturated carbocycles. The molecule has 2 aliphatic rings. The number of carbonyl (C=O) groups is 1. The second-order valence-electron chi connectivity index (χ2n) is 5.43. The second-order valence-corrected chi connectivity index (χ2v) is 5.43. The molecule has 0 bridgehead atoms. The van der Waals surface area contributed by atoms with Crippen LogP contribution in [0.25, 0.3) is 0 Å². The summed E-state index contributed by atoms with van der Waals surface area (Å²) in [5.74, 6) is 1.00. The van der Waals surface area contributed by atoms with Crippen molar-refractivity contribution in [3.63, 3.8) is 0 Å². The van der Waals surface area contributed by atoms with Crippen molar-refractivity contribution in [3.8, 4) is 0 Å². The van der Waals surface area contributed by atoms with Crippen molar-refractivity contribution in [2.24, 2.45) is 5.92 Å². The molecule has 0 radical (unpaired) electrons. The van der Waals surface area contributed by atoms with Crippen molar-refractivity contribution in [2.75, 3.05) is 39.3 Å². The number of piperidine rings is 1. The van der Waals surface area contributed by atoms with Gasteiger partial charge < -0.3 is 10.2 Å². The van der Waals surface area contributed by atoms with Gasteiger partial charge in [-0.25, -0.2) is 0 Å². The van der Waals surface area contributed by atoms with Gasteiger partial charge in [-0.15, -0.1) is 0 Å². The SMILES string of the molecule is CC(=O)N1CCCN(C2CNCCC2C)CC1. The van der Waals surface area contributed by atoms with Gasteiger partial charge in [0.15, 0.2) is 0 Å². The molecule has 0 spiro atoms. The molecule has 0 aromatic rings. The fourth-order valence-corrected chi connectivity index (χ4v) is 3.05. The van der Waals surface area contributed by atoms with Crippen molar-refractivity contribution in [1.29, 1.82) is 0 Å². The molecular formula is C13H25N3O. The molecule has 2 rings (SSSR count). The van der Waals surface area contributed by atoms with E-state index in [0.717, 1.165) is 51.6 Å². The van der Waals surface area contributed by atoms with Crippen LogP contribution in [0.2, 0.25) is 0 Å². The molecule has 0 aromatic carbocycles. The van der Waals surface area contributed by atoms with E-state index in [2.05, 4.69) is 17.1 Å². The smallest absolute Gasteiger partial charge is 0.219 e. The summed E-state index contributed by atoms with van der Waals surface area (Å²) >= 11 is 0. The Hall–Kier alpha value is -0.610. The zero-order valence-corrected chi connectivity index (χ0v) is 11.1. The Labute approximate surface area is 104 Å². The first-order valence-corrected chi connectivity index (χ1v) is 6.89. The highest BCUT2D eigenvalue weighted by molar-refractivity contribution is 5.73. The Balaban J connectivity index is 1.91. The highest BCUT2D eigenvalue weighted by Crippen LogP contribution is 2.19. The topological polar surface area (TPSA) is 35.6 Å². The number of carbonyl (C=O) groups excluding carboxylic acids is 1. The van der Waals surface area contributed by atoms with Crippen LogP contribution in [-0.4, -0.2) is 61.0 Å². The van der Waals surface area contributed by atoms with E-state index in [1.54, 1.807) is 6.92 Å². The first-order chi connectivity index (χ1) is 8.18. The van der Waals surface area contributed by atoms with E-state index in [1.165, 1.54) is 6.42 Å². The van der Waals surface area contributed by atoms with Crippen LogP contribution in [0.15, 0.2) is 0 Å². The Kier molecular flexibility index (Phi) is 4.40. The maximum Gasteiger partial charge on any atom is 0.219 e. The monoisotopic (exact) mass is 239 g/mol. The molecule has 1 amide bonds. The van der Waals surface area contributed by atoms with E-state index in [0.29, 0.717) is 6.04 Å². The lowest BCUT2D eigenvalue weighted by Crippen LogP contribution is -2.51. The molecule has 2 atom stereocenters. The predicted octanol–water partition coefficient (Wildman–Crippen LogP) is 0.539. The number of nitrogens with one attached hydrogen (secondary N) is 1. The van der Waals surface area contributed by atoms with Crippen molar-refractivity contribution >= 4 is 5.91 Å². The van der Waals surface area contributed by atoms with Crippen LogP contribution >= 0.6 is 0 Å². The highest BCUT2D eigenvalue weighted by Gasteiger charge is 2.28. The Morgan fingerprint density at radius 2 is 2.06 bits per heavy atom. The van der Waals surface area contributed by atoms with Crippen LogP contribution in [0.3, 0.4) is 0 Å². The lowest BCUT2D eigenvalue weighted by Gasteiger charge is -2.38. The number of nitrogens with zero attached hydrogens (tertiary/aromatic N) is 2. The van der Waals surface area contributed by atoms with Gasteiger partial charge in [-0.05, 0) is 25.3 Å². The van der Waals surface area contributed by atoms with E-state index in [4.69, 9.17) is 0 Å². The number of rotatable bonds is 1. The minimum absolute atomic E-state index is 0.224. The predicted molar refractivity (Wildman–Crippen MR) is 68.9 cm³/mol. The average molecular weight is 239 g/mol. The Morgan fingerprint density at radius 1 is 1.24 bits per heavy atom. The van der Waals surface area contributed by atoms with Gasteiger partial charge in [0.05, 0.1) is 0 Å². The van der Waals surface area contributed by atoms with Gasteiger partial charge >= 0.3 is 0 Å². The van der Waals surface area contributed by atoms with Gasteiger partial charge in [0, 0.05) is 45.7 Å². The third-order valence-electron chi connectivity index (χ3n) is 4.23. The summed E-state index contributed by atoms with van der Waals surface area (Å²) in [6.07, 6.45) is 2.39. The molecule has 17 heavy (non-hydrogen) atoms. The maximum atomic E-state index is 11.4. The van der Waals surface area contributed by atoms with Crippen molar-refractivity contribution in [1.82, 2.24) is 15.1 Å². The Morgan fingerprint density at radius 3 is 2.76 bits per heavy atom. The third-order valence-corrected chi connectivity index (χ3v) is 4.23. The molecule has 0 aromatic heterocycles. The summed E-state index contributed by atoms with van der Waals surface area (Å²) in [4.78, 5) is 16.0. The summed E-state index contributed by atoms with van der Waals surface area (Å²) in [6, 6.07) is 0.663. The van der Waals surface area contributed by atoms with Gasteiger partial charge in [0.1, 0.15) is 0 Å². The lowest BCUT2D eigenvalue weighted by atomic mass is 9.93. The molecule has 2 aliphatic heterocycles. The van der Waals surface area contributed by atoms with Gasteiger partial charge in [0.25, 0.3) is 0 Å². The fourth-order valence-electron chi connectivity index (χ4n) is 3.05. The number of hydrogen-bond donors (Lipinski definition) is 1. The highest BCUT2D eigenvalue weighted by atomic mass is 16.2. The van der Waals surface area contributed by atoms with Gasteiger partial charge in [-0.2, -0.15) is 0 Å². The fraction of sp³-hybridized carbons (Fsp3) is 0.923. The summed E-state index contributed by atoms with van der Waals surface area (Å²) in [5, 5.41) is 3.49. The molecule has 2 fully saturated rings. The summed E-state index contributed by atoms with van der Waals surface area (Å²) in [6.45, 7) is 10.3. The molecule has 98 valence electrons. The second kappa shape index (κ2) is 5.83. The number of hydrogen-bond acceptors (Lipinski definition) is 3. The molecule has 0 aliphatic carbocycles. The number of amides is 1. The van der Waals surface area contributed by atoms with Crippen LogP contribution in [0.4, 0.5) is 0 Å². The van der Waals surface area contributed by atoms with Crippen molar-refractivity contribution < 1.29 is 4.79 Å². The average Bonchev–Trinajstić information content (AvgIpc) is 2.55. The minimum atomic E-state index is 0.224. The quantitative estimate of drug-likeness (QED) is 0.725. The van der Waals surface area contributed by atoms with Crippen molar-refractivity contribution in [2.45, 2.75) is 32.7 Å². The standard InChI is InChI=1S/C13H25N3O/c1-11-4-5-14-10-13(11)16-7-3-6-15(8-9-16)12(2)17/h11,13-14H,3-10H2,1-2H3. The minimum Gasteiger partial charge on any atom is -0.342 e. The molecular weight excluding hydrogens is 214 g/mol. The van der Waals surface area contributed by atoms with E-state index >= 15 is 0 Å². The zero-order valence-electron chi connectivity index (χ0n) is 11.1. The maximum absolute atomic E-state index is 11.4. The molecule has 2 heterocycles. The summed E-state index contributed by atoms with van der Waals surface area (Å²) < 4.78 is 0. The van der Waals surface area contributed by atoms with Crippen molar-refractivity contribution in [3.05, 3.63) is 0 Å². The molecule has 2 saturated heterocycles. The van der Waals surface area contributed by atoms with E-state index in [1.807, 2.05) is 4.90 Å². The van der Waals surface area contributed by atoms with E-state index in [9.17, 15) is 4.79 Å². The largest absolute Gasteiger partial charge is 0.342 e. The van der Waals surface area contributed by atoms with E-state index in [-0.39, 0.29) is 5.91 Å². The summed E-state index contributed by atoms with van der Waals surface area (Å²) in [5.41, 5.74) is 0. The Bertz CT molecular complexity index is 269. The molecule has 1 N–H and O–H groups in total. The third kappa shape index (κ3) is 3.19.